The number of aromatic nitrogens is 1. The molecule has 0 bridgehead atoms. The Morgan fingerprint density at radius 2 is 2.12 bits per heavy atom. The van der Waals surface area contributed by atoms with Crippen LogP contribution in [0.15, 0.2) is 48.8 Å². The summed E-state index contributed by atoms with van der Waals surface area (Å²) in [4.78, 5) is 4.17. The largest absolute Gasteiger partial charge is 0.313 e. The van der Waals surface area contributed by atoms with E-state index in [0.29, 0.717) is 6.04 Å². The van der Waals surface area contributed by atoms with Crippen LogP contribution in [0.5, 0.6) is 0 Å². The zero-order chi connectivity index (χ0) is 12.1. The number of nitrogens with zero attached hydrogens (tertiary/aromatic N) is 1. The van der Waals surface area contributed by atoms with Crippen LogP contribution >= 0.6 is 0 Å². The molecule has 1 aromatic heterocycles. The summed E-state index contributed by atoms with van der Waals surface area (Å²) in [5.41, 5.74) is 3.90. The third-order valence-electron chi connectivity index (χ3n) is 2.96. The number of hydrogen-bond donors (Lipinski definition) is 1. The molecule has 0 fully saturated rings. The second-order valence-electron chi connectivity index (χ2n) is 4.32. The fourth-order valence-electron chi connectivity index (χ4n) is 2.04. The Morgan fingerprint density at radius 1 is 1.24 bits per heavy atom. The highest BCUT2D eigenvalue weighted by Crippen LogP contribution is 2.17. The summed E-state index contributed by atoms with van der Waals surface area (Å²) in [7, 11) is 1.99. The number of pyridine rings is 1. The predicted molar refractivity (Wildman–Crippen MR) is 70.9 cm³/mol. The van der Waals surface area contributed by atoms with E-state index in [2.05, 4.69) is 47.6 Å². The van der Waals surface area contributed by atoms with Gasteiger partial charge in [0, 0.05) is 18.4 Å². The molecule has 2 nitrogen and oxygen atoms in total. The maximum Gasteiger partial charge on any atom is 0.0373 e. The van der Waals surface area contributed by atoms with Crippen molar-refractivity contribution in [3.63, 3.8) is 0 Å². The van der Waals surface area contributed by atoms with Crippen LogP contribution in [0.2, 0.25) is 0 Å². The van der Waals surface area contributed by atoms with E-state index in [1.807, 2.05) is 25.5 Å². The molecule has 88 valence electrons. The molecule has 0 radical (unpaired) electrons. The smallest absolute Gasteiger partial charge is 0.0373 e. The normalized spacial score (nSPS) is 12.4. The number of aryl methyl sites for hydroxylation is 1. The third-order valence-corrected chi connectivity index (χ3v) is 2.96. The molecule has 2 heteroatoms. The van der Waals surface area contributed by atoms with Gasteiger partial charge in [-0.2, -0.15) is 0 Å². The van der Waals surface area contributed by atoms with Crippen molar-refractivity contribution in [3.05, 3.63) is 65.5 Å². The fourth-order valence-corrected chi connectivity index (χ4v) is 2.04. The van der Waals surface area contributed by atoms with Crippen molar-refractivity contribution in [3.8, 4) is 0 Å². The van der Waals surface area contributed by atoms with E-state index < -0.39 is 0 Å². The van der Waals surface area contributed by atoms with Crippen LogP contribution in [0.25, 0.3) is 0 Å². The van der Waals surface area contributed by atoms with Gasteiger partial charge in [0.25, 0.3) is 0 Å². The fraction of sp³-hybridized carbons (Fsp3) is 0.267. The molecule has 17 heavy (non-hydrogen) atoms. The van der Waals surface area contributed by atoms with E-state index in [-0.39, 0.29) is 0 Å². The highest BCUT2D eigenvalue weighted by molar-refractivity contribution is 5.25. The lowest BCUT2D eigenvalue weighted by molar-refractivity contribution is 0.590. The number of hydrogen-bond acceptors (Lipinski definition) is 2. The summed E-state index contributed by atoms with van der Waals surface area (Å²) >= 11 is 0. The van der Waals surface area contributed by atoms with Crippen molar-refractivity contribution in [2.24, 2.45) is 0 Å². The van der Waals surface area contributed by atoms with Crippen molar-refractivity contribution in [2.75, 3.05) is 7.05 Å². The number of nitrogens with one attached hydrogen (secondary N) is 1. The van der Waals surface area contributed by atoms with Gasteiger partial charge in [0.1, 0.15) is 0 Å². The lowest BCUT2D eigenvalue weighted by atomic mass is 9.99. The summed E-state index contributed by atoms with van der Waals surface area (Å²) in [5.74, 6) is 0. The van der Waals surface area contributed by atoms with Crippen LogP contribution in [-0.2, 0) is 6.42 Å². The third kappa shape index (κ3) is 3.14. The van der Waals surface area contributed by atoms with E-state index in [4.69, 9.17) is 0 Å². The maximum atomic E-state index is 4.17. The maximum absolute atomic E-state index is 4.17. The topological polar surface area (TPSA) is 24.9 Å². The van der Waals surface area contributed by atoms with Gasteiger partial charge in [-0.05, 0) is 37.6 Å². The Bertz CT molecular complexity index is 465. The van der Waals surface area contributed by atoms with Crippen LogP contribution in [0.4, 0.5) is 0 Å². The first kappa shape index (κ1) is 11.8. The zero-order valence-electron chi connectivity index (χ0n) is 10.4. The molecular weight excluding hydrogens is 208 g/mol. The minimum atomic E-state index is 0.325. The molecule has 0 amide bonds. The van der Waals surface area contributed by atoms with Crippen molar-refractivity contribution < 1.29 is 0 Å². The zero-order valence-corrected chi connectivity index (χ0v) is 10.4. The minimum absolute atomic E-state index is 0.325. The standard InChI is InChI=1S/C15H18N2/c1-12-5-3-6-13(9-12)10-15(16-2)14-7-4-8-17-11-14/h3-9,11,15-16H,10H2,1-2H3. The molecule has 1 atom stereocenters. The second-order valence-corrected chi connectivity index (χ2v) is 4.32. The Kier molecular flexibility index (Phi) is 3.89. The first-order valence-corrected chi connectivity index (χ1v) is 5.92. The molecule has 1 unspecified atom stereocenters. The first-order chi connectivity index (χ1) is 8.29. The molecule has 0 aliphatic carbocycles. The molecule has 0 saturated heterocycles. The van der Waals surface area contributed by atoms with Gasteiger partial charge in [0.15, 0.2) is 0 Å². The van der Waals surface area contributed by atoms with E-state index in [0.717, 1.165) is 6.42 Å². The second kappa shape index (κ2) is 5.60. The van der Waals surface area contributed by atoms with Gasteiger partial charge in [0.05, 0.1) is 0 Å². The molecule has 0 aliphatic heterocycles. The average molecular weight is 226 g/mol. The lowest BCUT2D eigenvalue weighted by Gasteiger charge is -2.16. The van der Waals surface area contributed by atoms with E-state index in [9.17, 15) is 0 Å². The van der Waals surface area contributed by atoms with Gasteiger partial charge in [-0.25, -0.2) is 0 Å². The minimum Gasteiger partial charge on any atom is -0.313 e. The molecular formula is C15H18N2. The molecule has 1 N–H and O–H groups in total. The van der Waals surface area contributed by atoms with Crippen LogP contribution in [0, 0.1) is 6.92 Å². The molecule has 0 saturated carbocycles. The summed E-state index contributed by atoms with van der Waals surface area (Å²) in [6.07, 6.45) is 4.73. The highest BCUT2D eigenvalue weighted by atomic mass is 14.9. The number of likely N-dealkylation sites (N-methyl/N-ethyl adjacent to an activating group) is 1. The molecule has 1 heterocycles. The van der Waals surface area contributed by atoms with Gasteiger partial charge in [-0.3, -0.25) is 4.98 Å². The van der Waals surface area contributed by atoms with E-state index >= 15 is 0 Å². The van der Waals surface area contributed by atoms with Crippen LogP contribution in [-0.4, -0.2) is 12.0 Å². The van der Waals surface area contributed by atoms with Crippen molar-refractivity contribution in [1.29, 1.82) is 0 Å². The molecule has 1 aromatic carbocycles. The summed E-state index contributed by atoms with van der Waals surface area (Å²) < 4.78 is 0. The van der Waals surface area contributed by atoms with E-state index in [1.54, 1.807) is 0 Å². The number of benzene rings is 1. The van der Waals surface area contributed by atoms with E-state index in [1.165, 1.54) is 16.7 Å². The van der Waals surface area contributed by atoms with Crippen molar-refractivity contribution >= 4 is 0 Å². The van der Waals surface area contributed by atoms with Gasteiger partial charge < -0.3 is 5.32 Å². The Morgan fingerprint density at radius 3 is 2.76 bits per heavy atom. The lowest BCUT2D eigenvalue weighted by Crippen LogP contribution is -2.18. The quantitative estimate of drug-likeness (QED) is 0.867. The van der Waals surface area contributed by atoms with Crippen LogP contribution in [0.3, 0.4) is 0 Å². The first-order valence-electron chi connectivity index (χ1n) is 5.92. The highest BCUT2D eigenvalue weighted by Gasteiger charge is 2.09. The van der Waals surface area contributed by atoms with Crippen LogP contribution in [0.1, 0.15) is 22.7 Å². The van der Waals surface area contributed by atoms with Gasteiger partial charge >= 0.3 is 0 Å². The molecule has 0 aliphatic rings. The Labute approximate surface area is 103 Å². The summed E-state index contributed by atoms with van der Waals surface area (Å²) in [5, 5.41) is 3.35. The SMILES string of the molecule is CNC(Cc1cccc(C)c1)c1cccnc1. The van der Waals surface area contributed by atoms with Gasteiger partial charge in [-0.15, -0.1) is 0 Å². The molecule has 2 aromatic rings. The van der Waals surface area contributed by atoms with Crippen molar-refractivity contribution in [1.82, 2.24) is 10.3 Å². The van der Waals surface area contributed by atoms with Gasteiger partial charge in [-0.1, -0.05) is 35.9 Å². The summed E-state index contributed by atoms with van der Waals surface area (Å²) in [6.45, 7) is 2.13. The average Bonchev–Trinajstić information content (AvgIpc) is 2.37. The van der Waals surface area contributed by atoms with Gasteiger partial charge in [0.2, 0.25) is 0 Å². The monoisotopic (exact) mass is 226 g/mol. The number of rotatable bonds is 4. The predicted octanol–water partition coefficient (Wildman–Crippen LogP) is 2.89. The Hall–Kier alpha value is -1.67. The van der Waals surface area contributed by atoms with Crippen molar-refractivity contribution in [2.45, 2.75) is 19.4 Å². The van der Waals surface area contributed by atoms with Crippen LogP contribution < -0.4 is 5.32 Å². The molecule has 2 rings (SSSR count). The Balaban J connectivity index is 2.16. The summed E-state index contributed by atoms with van der Waals surface area (Å²) in [6, 6.07) is 13.1. The molecule has 0 spiro atoms.